The standard InChI is InChI=1S/C62H85N9O9S3/c1-43-56(82-42-71(43)78)46-30-28-44(29-31-46)37-64-59(76)52-25-20-33-70(52)60(77)57(62(2,3)4)67-54(73)27-17-15-13-11-9-7-6-8-10-12-14-16-26-53(72)63-38-45-21-18-22-47(35-45)48-23-19-24-49(36-48)51-41-81-61(66-51)68-55(74)39-65-58(75)50-32-34-69(40-50)83(5,79)80/h18-19,21-24,28-31,35-36,41,43,50,52,56-57H,6-17,20,25-27,32-34,37-40,42H2,1-5H3,(H4-,63,64,65,66,67,68,72,73,74,75,76)/p+1/t43?,50?,52-,56?,57+/m0/s1. The molecule has 4 heterocycles. The van der Waals surface area contributed by atoms with E-state index in [-0.39, 0.29) is 60.5 Å². The summed E-state index contributed by atoms with van der Waals surface area (Å²) in [5.41, 5.74) is 6.06. The maximum Gasteiger partial charge on any atom is 0.246 e. The fraction of sp³-hybridized carbons (Fsp3) is 0.565. The molecule has 0 aliphatic carbocycles. The van der Waals surface area contributed by atoms with Crippen LogP contribution in [0, 0.1) is 16.2 Å². The topological polar surface area (TPSA) is 236 Å². The van der Waals surface area contributed by atoms with Crippen LogP contribution in [-0.4, -0.2) is 119 Å². The average molecular weight is 1200 g/mol. The number of nitrogens with zero attached hydrogens (tertiary/aromatic N) is 4. The highest BCUT2D eigenvalue weighted by atomic mass is 32.2. The van der Waals surface area contributed by atoms with Crippen LogP contribution in [0.3, 0.4) is 0 Å². The van der Waals surface area contributed by atoms with Gasteiger partial charge in [-0.05, 0) is 77.5 Å². The van der Waals surface area contributed by atoms with Gasteiger partial charge in [-0.25, -0.2) is 17.7 Å². The van der Waals surface area contributed by atoms with Gasteiger partial charge >= 0.3 is 0 Å². The Bertz CT molecular complexity index is 2980. The van der Waals surface area contributed by atoms with Crippen molar-refractivity contribution in [2.45, 2.75) is 173 Å². The average Bonchev–Trinajstić information content (AvgIpc) is 4.54. The molecule has 83 heavy (non-hydrogen) atoms. The highest BCUT2D eigenvalue weighted by Crippen LogP contribution is 2.39. The SMILES string of the molecule is CC1C(c2ccc(CNC(=O)[C@@H]3CCCN3C(=O)[C@@H](NC(=O)CCCCCCCCCCCCCCC(=O)NCc3cccc(-c4cccc(-c5csc(NC(=O)CNC(=O)C6CCN(S(C)(=O)=O)C6)n5)c4)c3)C(C)(C)C)cc2)SC[N+]1=O. The predicted molar refractivity (Wildman–Crippen MR) is 328 cm³/mol. The number of thiazole rings is 1. The van der Waals surface area contributed by atoms with Crippen molar-refractivity contribution in [3.8, 4) is 22.4 Å². The zero-order chi connectivity index (χ0) is 59.5. The van der Waals surface area contributed by atoms with Gasteiger partial charge in [0.15, 0.2) is 5.13 Å². The first kappa shape index (κ1) is 64.5. The summed E-state index contributed by atoms with van der Waals surface area (Å²) >= 11 is 2.92. The molecule has 0 spiro atoms. The van der Waals surface area contributed by atoms with Crippen LogP contribution in [0.15, 0.2) is 78.2 Å². The number of hydrogen-bond donors (Lipinski definition) is 5. The molecule has 3 aliphatic heterocycles. The van der Waals surface area contributed by atoms with Crippen LogP contribution in [0.5, 0.6) is 0 Å². The molecule has 3 unspecified atom stereocenters. The van der Waals surface area contributed by atoms with Crippen molar-refractivity contribution in [3.05, 3.63) is 99.8 Å². The molecule has 5 N–H and O–H groups in total. The van der Waals surface area contributed by atoms with E-state index in [9.17, 15) is 42.1 Å². The number of carbonyl (C=O) groups excluding carboxylic acids is 6. The van der Waals surface area contributed by atoms with E-state index in [1.165, 1.54) is 41.3 Å². The van der Waals surface area contributed by atoms with Gasteiger partial charge < -0.3 is 31.5 Å². The molecule has 0 radical (unpaired) electrons. The number of hydrogen-bond acceptors (Lipinski definition) is 12. The first-order valence-corrected chi connectivity index (χ1v) is 33.5. The lowest BCUT2D eigenvalue weighted by molar-refractivity contribution is -0.555. The van der Waals surface area contributed by atoms with E-state index in [0.29, 0.717) is 62.0 Å². The summed E-state index contributed by atoms with van der Waals surface area (Å²) < 4.78 is 26.0. The first-order chi connectivity index (χ1) is 39.7. The highest BCUT2D eigenvalue weighted by molar-refractivity contribution is 7.99. The maximum absolute atomic E-state index is 14.0. The molecule has 3 fully saturated rings. The molecule has 7 rings (SSSR count). The van der Waals surface area contributed by atoms with E-state index in [2.05, 4.69) is 37.6 Å². The number of amides is 6. The summed E-state index contributed by atoms with van der Waals surface area (Å²) in [4.78, 5) is 96.8. The largest absolute Gasteiger partial charge is 0.352 e. The molecule has 0 saturated carbocycles. The zero-order valence-corrected chi connectivity index (χ0v) is 51.5. The number of carbonyl (C=O) groups is 6. The van der Waals surface area contributed by atoms with Crippen LogP contribution in [-0.2, 0) is 51.9 Å². The summed E-state index contributed by atoms with van der Waals surface area (Å²) in [7, 11) is -3.37. The summed E-state index contributed by atoms with van der Waals surface area (Å²) in [5, 5.41) is 16.9. The number of rotatable bonds is 30. The minimum absolute atomic E-state index is 0.0452. The Morgan fingerprint density at radius 2 is 1.33 bits per heavy atom. The fourth-order valence-electron chi connectivity index (χ4n) is 10.9. The Hall–Kier alpha value is -6.03. The molecule has 4 aromatic rings. The van der Waals surface area contributed by atoms with Crippen molar-refractivity contribution in [2.24, 2.45) is 11.3 Å². The van der Waals surface area contributed by atoms with Gasteiger partial charge in [-0.2, -0.15) is 0 Å². The quantitative estimate of drug-likeness (QED) is 0.0243. The molecule has 21 heteroatoms. The van der Waals surface area contributed by atoms with Crippen LogP contribution in [0.1, 0.15) is 159 Å². The molecule has 18 nitrogen and oxygen atoms in total. The predicted octanol–water partition coefficient (Wildman–Crippen LogP) is 9.64. The number of sulfonamides is 1. The summed E-state index contributed by atoms with van der Waals surface area (Å²) in [6.45, 7) is 9.18. The molecule has 3 aliphatic rings. The van der Waals surface area contributed by atoms with Gasteiger partial charge in [-0.1, -0.05) is 157 Å². The van der Waals surface area contributed by atoms with Gasteiger partial charge in [-0.3, -0.25) is 28.8 Å². The number of benzene rings is 3. The summed E-state index contributed by atoms with van der Waals surface area (Å²) in [5.74, 6) is -1.30. The number of anilines is 1. The van der Waals surface area contributed by atoms with Crippen LogP contribution in [0.4, 0.5) is 5.13 Å². The van der Waals surface area contributed by atoms with Crippen molar-refractivity contribution in [1.82, 2.24) is 35.5 Å². The van der Waals surface area contributed by atoms with E-state index in [0.717, 1.165) is 102 Å². The maximum atomic E-state index is 14.0. The van der Waals surface area contributed by atoms with Crippen LogP contribution < -0.4 is 26.6 Å². The minimum atomic E-state index is -3.37. The third kappa shape index (κ3) is 19.8. The highest BCUT2D eigenvalue weighted by Gasteiger charge is 2.42. The van der Waals surface area contributed by atoms with E-state index in [1.807, 2.05) is 99.8 Å². The van der Waals surface area contributed by atoms with Gasteiger partial charge in [0.1, 0.15) is 17.3 Å². The molecule has 3 aromatic carbocycles. The second-order valence-electron chi connectivity index (χ2n) is 23.6. The van der Waals surface area contributed by atoms with E-state index >= 15 is 0 Å². The molecule has 1 aromatic heterocycles. The van der Waals surface area contributed by atoms with Crippen molar-refractivity contribution >= 4 is 73.7 Å². The van der Waals surface area contributed by atoms with Crippen molar-refractivity contribution in [3.63, 3.8) is 0 Å². The molecule has 450 valence electrons. The molecule has 6 amide bonds. The van der Waals surface area contributed by atoms with Crippen LogP contribution in [0.25, 0.3) is 22.4 Å². The number of thioether (sulfide) groups is 1. The van der Waals surface area contributed by atoms with Gasteiger partial charge in [0.05, 0.1) is 24.4 Å². The van der Waals surface area contributed by atoms with Crippen LogP contribution in [0.2, 0.25) is 0 Å². The van der Waals surface area contributed by atoms with Crippen molar-refractivity contribution in [2.75, 3.05) is 43.6 Å². The third-order valence-corrected chi connectivity index (χ3v) is 19.4. The van der Waals surface area contributed by atoms with E-state index in [4.69, 9.17) is 0 Å². The summed E-state index contributed by atoms with van der Waals surface area (Å²) in [6.07, 6.45) is 16.5. The molecular formula is C62H86N9O9S3+. The summed E-state index contributed by atoms with van der Waals surface area (Å²) in [6, 6.07) is 22.6. The lowest BCUT2D eigenvalue weighted by atomic mass is 9.85. The number of likely N-dealkylation sites (tertiary alicyclic amines) is 1. The van der Waals surface area contributed by atoms with Gasteiger partial charge in [-0.15, -0.1) is 11.3 Å². The number of nitroso groups, excluding NO2 is 1. The zero-order valence-electron chi connectivity index (χ0n) is 49.1. The molecule has 5 atom stereocenters. The van der Waals surface area contributed by atoms with Crippen molar-refractivity contribution in [1.29, 1.82) is 0 Å². The molecule has 3 saturated heterocycles. The fourth-order valence-corrected chi connectivity index (χ4v) is 13.9. The normalized spacial score (nSPS) is 18.7. The number of aromatic nitrogens is 1. The van der Waals surface area contributed by atoms with E-state index in [1.54, 1.807) is 16.7 Å². The minimum Gasteiger partial charge on any atom is -0.352 e. The monoisotopic (exact) mass is 1200 g/mol. The van der Waals surface area contributed by atoms with Crippen molar-refractivity contribution < 1.29 is 41.9 Å². The third-order valence-electron chi connectivity index (χ3n) is 15.9. The Labute approximate surface area is 498 Å². The molecular weight excluding hydrogens is 1110 g/mol. The Morgan fingerprint density at radius 1 is 0.711 bits per heavy atom. The van der Waals surface area contributed by atoms with Gasteiger partial charge in [0.2, 0.25) is 57.4 Å². The van der Waals surface area contributed by atoms with Gasteiger partial charge in [0, 0.05) is 73.1 Å². The van der Waals surface area contributed by atoms with Crippen LogP contribution >= 0.6 is 23.1 Å². The van der Waals surface area contributed by atoms with Gasteiger partial charge in [0.25, 0.3) is 0 Å². The second kappa shape index (κ2) is 31.2. The lowest BCUT2D eigenvalue weighted by Gasteiger charge is -2.35. The van der Waals surface area contributed by atoms with E-state index < -0.39 is 39.3 Å². The smallest absolute Gasteiger partial charge is 0.246 e. The molecule has 0 bridgehead atoms. The Balaban J connectivity index is 0.695. The Morgan fingerprint density at radius 3 is 1.95 bits per heavy atom. The second-order valence-corrected chi connectivity index (χ2v) is 27.5. The Kier molecular flexibility index (Phi) is 24.3. The first-order valence-electron chi connectivity index (χ1n) is 29.7. The lowest BCUT2D eigenvalue weighted by Crippen LogP contribution is -2.57. The number of nitrogens with one attached hydrogen (secondary N) is 5. The number of unbranched alkanes of at least 4 members (excludes halogenated alkanes) is 11.